The Morgan fingerprint density at radius 3 is 1.21 bits per heavy atom. The molecule has 0 aliphatic carbocycles. The average molecular weight is 620 g/mol. The van der Waals surface area contributed by atoms with Gasteiger partial charge in [-0.2, -0.15) is 0 Å². The third-order valence-corrected chi connectivity index (χ3v) is 13.2. The number of rotatable bonds is 6. The largest absolute Gasteiger partial charge is 0.154 e. The zero-order valence-corrected chi connectivity index (χ0v) is 25.4. The quantitative estimate of drug-likeness (QED) is 0.155. The molecule has 0 saturated heterocycles. The van der Waals surface area contributed by atoms with Crippen molar-refractivity contribution >= 4 is 103 Å². The minimum atomic E-state index is 0.582. The van der Waals surface area contributed by atoms with Gasteiger partial charge in [-0.05, 0) is 34.4 Å². The number of hydrogen-bond acceptors (Lipinski definition) is 4. The van der Waals surface area contributed by atoms with Crippen LogP contribution in [-0.2, 0) is 0 Å². The molecule has 0 saturated carbocycles. The van der Waals surface area contributed by atoms with E-state index in [9.17, 15) is 0 Å². The topological polar surface area (TPSA) is 0 Å². The Labute approximate surface area is 256 Å². The van der Waals surface area contributed by atoms with E-state index in [0.717, 1.165) is 43.4 Å². The minimum Gasteiger partial charge on any atom is -0.0985 e. The summed E-state index contributed by atoms with van der Waals surface area (Å²) in [6.07, 6.45) is 3.74. The monoisotopic (exact) mass is 618 g/mol. The van der Waals surface area contributed by atoms with E-state index in [-0.39, 0.29) is 0 Å². The highest BCUT2D eigenvalue weighted by Gasteiger charge is 2.54. The van der Waals surface area contributed by atoms with Crippen LogP contribution in [0.4, 0.5) is 0 Å². The van der Waals surface area contributed by atoms with Crippen molar-refractivity contribution in [3.05, 3.63) is 154 Å². The first-order chi connectivity index (χ1) is 19.0. The third-order valence-electron chi connectivity index (χ3n) is 6.28. The molecule has 39 heavy (non-hydrogen) atoms. The zero-order chi connectivity index (χ0) is 27.0. The molecule has 0 atom stereocenters. The van der Waals surface area contributed by atoms with Gasteiger partial charge in [-0.3, -0.25) is 0 Å². The molecule has 0 amide bonds. The molecule has 7 heteroatoms. The summed E-state index contributed by atoms with van der Waals surface area (Å²) in [6, 6.07) is 33.3. The summed E-state index contributed by atoms with van der Waals surface area (Å²) in [5.74, 6) is 0. The Balaban J connectivity index is 1.46. The van der Waals surface area contributed by atoms with Gasteiger partial charge < -0.3 is 0 Å². The second kappa shape index (κ2) is 11.3. The second-order valence-electron chi connectivity index (χ2n) is 8.74. The van der Waals surface area contributed by atoms with Crippen LogP contribution in [-0.4, -0.2) is 2.10 Å². The lowest BCUT2D eigenvalue weighted by Crippen LogP contribution is -2.08. The molecule has 0 unspecified atom stereocenters. The molecule has 6 rings (SSSR count). The van der Waals surface area contributed by atoms with Crippen LogP contribution in [0, 0.1) is 0 Å². The van der Waals surface area contributed by atoms with E-state index in [2.05, 4.69) is 73.8 Å². The summed E-state index contributed by atoms with van der Waals surface area (Å²) in [4.78, 5) is 4.73. The highest BCUT2D eigenvalue weighted by molar-refractivity contribution is 8.40. The molecule has 2 heterocycles. The van der Waals surface area contributed by atoms with E-state index < -0.39 is 0 Å². The summed E-state index contributed by atoms with van der Waals surface area (Å²) < 4.78 is 0.582. The zero-order valence-electron chi connectivity index (χ0n) is 20.6. The van der Waals surface area contributed by atoms with E-state index in [1.807, 2.05) is 96.3 Å². The maximum Gasteiger partial charge on any atom is 0.154 e. The first-order valence-electron chi connectivity index (χ1n) is 12.1. The maximum absolute atomic E-state index is 6.77. The van der Waals surface area contributed by atoms with Crippen molar-refractivity contribution in [3.8, 4) is 0 Å². The molecule has 0 fully saturated rings. The smallest absolute Gasteiger partial charge is 0.0985 e. The van der Waals surface area contributed by atoms with Crippen molar-refractivity contribution in [1.82, 2.24) is 0 Å². The van der Waals surface area contributed by atoms with E-state index in [1.165, 1.54) is 19.6 Å². The van der Waals surface area contributed by atoms with Gasteiger partial charge in [0.05, 0.1) is 19.6 Å². The van der Waals surface area contributed by atoms with Crippen molar-refractivity contribution < 1.29 is 2.10 Å². The lowest BCUT2D eigenvalue weighted by molar-refractivity contribution is -0.262. The van der Waals surface area contributed by atoms with E-state index in [0.29, 0.717) is 2.10 Å². The van der Waals surface area contributed by atoms with Crippen molar-refractivity contribution in [3.63, 3.8) is 0 Å². The number of nitrogens with zero attached hydrogens (tertiary/aromatic N) is 1. The molecular formula is C32H22Cl2NS4+. The Hall–Kier alpha value is -2.22. The molecule has 1 nitrogen and oxygen atoms in total. The predicted molar refractivity (Wildman–Crippen MR) is 180 cm³/mol. The molecule has 1 spiro atoms. The summed E-state index contributed by atoms with van der Waals surface area (Å²) >= 11 is 20.8. The van der Waals surface area contributed by atoms with Crippen LogP contribution < -0.4 is 0 Å². The maximum atomic E-state index is 6.77. The fourth-order valence-electron chi connectivity index (χ4n) is 4.27. The molecule has 0 aromatic heterocycles. The molecule has 4 aromatic carbocycles. The van der Waals surface area contributed by atoms with Crippen molar-refractivity contribution in [2.45, 2.75) is 0 Å². The normalized spacial score (nSPS) is 16.3. The van der Waals surface area contributed by atoms with Crippen LogP contribution in [0.15, 0.2) is 110 Å². The van der Waals surface area contributed by atoms with Gasteiger partial charge in [0.1, 0.15) is 0 Å². The predicted octanol–water partition coefficient (Wildman–Crippen LogP) is 12.1. The second-order valence-corrected chi connectivity index (χ2v) is 15.5. The number of benzene rings is 4. The number of quaternary nitrogens is 1. The van der Waals surface area contributed by atoms with Crippen LogP contribution in [0.2, 0.25) is 10.0 Å². The van der Waals surface area contributed by atoms with Gasteiger partial charge in [-0.1, -0.05) is 136 Å². The van der Waals surface area contributed by atoms with Crippen LogP contribution in [0.1, 0.15) is 33.4 Å². The van der Waals surface area contributed by atoms with Crippen molar-refractivity contribution in [2.24, 2.45) is 0 Å². The van der Waals surface area contributed by atoms with Gasteiger partial charge in [0.2, 0.25) is 0 Å². The van der Waals surface area contributed by atoms with Crippen molar-refractivity contribution in [2.75, 3.05) is 0 Å². The van der Waals surface area contributed by atoms with Crippen LogP contribution in [0.3, 0.4) is 0 Å². The molecule has 192 valence electrons. The molecular weight excluding hydrogens is 598 g/mol. The number of halogens is 2. The molecule has 2 aliphatic rings. The Kier molecular flexibility index (Phi) is 7.84. The fourth-order valence-corrected chi connectivity index (χ4v) is 11.6. The first kappa shape index (κ1) is 27.0. The van der Waals surface area contributed by atoms with Gasteiger partial charge in [0.15, 0.2) is 47.8 Å². The third kappa shape index (κ3) is 5.30. The van der Waals surface area contributed by atoms with Crippen LogP contribution in [0.25, 0.3) is 31.8 Å². The SMILES string of the molecule is C=Cc1ccc(C2=C(c3ccccc3Cl)S[N+]3(S2)SC(c2ccc(C=C)cc2)=C(c2ccccc2Cl)S3)cc1. The van der Waals surface area contributed by atoms with Crippen LogP contribution >= 0.6 is 71.0 Å². The Morgan fingerprint density at radius 1 is 0.487 bits per heavy atom. The molecule has 2 aliphatic heterocycles. The fraction of sp³-hybridized carbons (Fsp3) is 0. The van der Waals surface area contributed by atoms with Gasteiger partial charge >= 0.3 is 0 Å². The molecule has 0 N–H and O–H groups in total. The standard InChI is InChI=1S/C32H22Cl2NS4/c1-3-21-13-17-23(18-14-21)29-31(25-9-5-7-11-27(25)33)38-35(36-29)37-30(24-19-15-22(4-2)16-20-24)32(39-35)26-10-6-8-12-28(26)34/h3-20H,1-2H2/q+1. The summed E-state index contributed by atoms with van der Waals surface area (Å²) in [7, 11) is 0. The Morgan fingerprint density at radius 2 is 0.846 bits per heavy atom. The highest BCUT2D eigenvalue weighted by Crippen LogP contribution is 2.75. The van der Waals surface area contributed by atoms with Gasteiger partial charge in [0, 0.05) is 21.2 Å². The van der Waals surface area contributed by atoms with Gasteiger partial charge in [-0.25, -0.2) is 0 Å². The van der Waals surface area contributed by atoms with Crippen LogP contribution in [0.5, 0.6) is 0 Å². The lowest BCUT2D eigenvalue weighted by Gasteiger charge is -2.18. The number of hydrogen-bond donors (Lipinski definition) is 0. The average Bonchev–Trinajstić information content (AvgIpc) is 3.53. The summed E-state index contributed by atoms with van der Waals surface area (Å²) in [6.45, 7) is 7.82. The summed E-state index contributed by atoms with van der Waals surface area (Å²) in [5, 5.41) is 1.49. The minimum absolute atomic E-state index is 0.582. The van der Waals surface area contributed by atoms with Gasteiger partial charge in [0.25, 0.3) is 0 Å². The van der Waals surface area contributed by atoms with E-state index >= 15 is 0 Å². The van der Waals surface area contributed by atoms with Gasteiger partial charge in [-0.15, -0.1) is 0 Å². The lowest BCUT2D eigenvalue weighted by atomic mass is 10.1. The van der Waals surface area contributed by atoms with Crippen molar-refractivity contribution in [1.29, 1.82) is 0 Å². The highest BCUT2D eigenvalue weighted by atomic mass is 35.5. The summed E-state index contributed by atoms with van der Waals surface area (Å²) in [5.41, 5.74) is 6.59. The Bertz CT molecular complexity index is 1530. The molecule has 4 aromatic rings. The first-order valence-corrected chi connectivity index (χ1v) is 16.0. The molecule has 0 radical (unpaired) electrons. The van der Waals surface area contributed by atoms with E-state index in [1.54, 1.807) is 0 Å². The molecule has 0 bridgehead atoms. The van der Waals surface area contributed by atoms with E-state index in [4.69, 9.17) is 23.2 Å².